The van der Waals surface area contributed by atoms with E-state index in [0.29, 0.717) is 44.0 Å². The van der Waals surface area contributed by atoms with Gasteiger partial charge in [-0.25, -0.2) is 26.3 Å². The second kappa shape index (κ2) is 10.3. The molecule has 3 aliphatic rings. The Morgan fingerprint density at radius 3 is 2.58 bits per heavy atom. The van der Waals surface area contributed by atoms with E-state index in [1.165, 1.54) is 22.2 Å². The molecule has 7 nitrogen and oxygen atoms in total. The summed E-state index contributed by atoms with van der Waals surface area (Å²) < 4.78 is 52.5. The van der Waals surface area contributed by atoms with Gasteiger partial charge in [0.05, 0.1) is 17.9 Å². The summed E-state index contributed by atoms with van der Waals surface area (Å²) in [7, 11) is -3.25. The first-order valence-corrected chi connectivity index (χ1v) is 14.9. The molecular formula is C28H32F2N4O3S. The predicted molar refractivity (Wildman–Crippen MR) is 140 cm³/mol. The number of carbonyl (C=O) groups excluding carboxylic acids is 1. The van der Waals surface area contributed by atoms with Crippen LogP contribution in [0, 0.1) is 34.8 Å². The summed E-state index contributed by atoms with van der Waals surface area (Å²) in [6.45, 7) is 1.32. The Morgan fingerprint density at radius 1 is 1.16 bits per heavy atom. The van der Waals surface area contributed by atoms with Crippen molar-refractivity contribution in [3.05, 3.63) is 65.2 Å². The number of benzene rings is 2. The van der Waals surface area contributed by atoms with Crippen LogP contribution in [0.3, 0.4) is 0 Å². The number of carbonyl (C=O) groups is 1. The smallest absolute Gasteiger partial charge is 0.321 e. The first-order valence-electron chi connectivity index (χ1n) is 13.1. The number of fused-ring (bicyclic) bond motifs is 1. The minimum atomic E-state index is -3.25. The maximum absolute atomic E-state index is 13.8. The molecule has 202 valence electrons. The normalized spacial score (nSPS) is 25.7. The molecule has 2 amide bonds. The Hall–Kier alpha value is -3.03. The van der Waals surface area contributed by atoms with E-state index in [9.17, 15) is 27.3 Å². The molecule has 0 unspecified atom stereocenters. The summed E-state index contributed by atoms with van der Waals surface area (Å²) in [5.74, 6) is -1.46. The van der Waals surface area contributed by atoms with Crippen molar-refractivity contribution in [2.24, 2.45) is 11.8 Å². The van der Waals surface area contributed by atoms with Crippen molar-refractivity contribution in [3.63, 3.8) is 0 Å². The zero-order valence-electron chi connectivity index (χ0n) is 21.4. The van der Waals surface area contributed by atoms with Crippen LogP contribution in [0.15, 0.2) is 42.5 Å². The highest BCUT2D eigenvalue weighted by molar-refractivity contribution is 7.88. The molecule has 2 aromatic carbocycles. The van der Waals surface area contributed by atoms with E-state index in [2.05, 4.69) is 17.5 Å². The number of nitrogens with zero attached hydrogens (tertiary/aromatic N) is 3. The van der Waals surface area contributed by atoms with Crippen molar-refractivity contribution in [1.82, 2.24) is 9.21 Å². The summed E-state index contributed by atoms with van der Waals surface area (Å²) >= 11 is 0. The quantitative estimate of drug-likeness (QED) is 0.565. The Labute approximate surface area is 222 Å². The highest BCUT2D eigenvalue weighted by Gasteiger charge is 2.58. The van der Waals surface area contributed by atoms with Crippen LogP contribution < -0.4 is 5.32 Å². The van der Waals surface area contributed by atoms with E-state index in [0.717, 1.165) is 37.8 Å². The molecule has 0 aromatic heterocycles. The van der Waals surface area contributed by atoms with Crippen LogP contribution in [0.5, 0.6) is 0 Å². The number of sulfonamides is 1. The Bertz CT molecular complexity index is 1370. The molecule has 1 N–H and O–H groups in total. The molecule has 0 bridgehead atoms. The molecule has 3 fully saturated rings. The summed E-state index contributed by atoms with van der Waals surface area (Å²) in [6.07, 6.45) is 6.06. The van der Waals surface area contributed by atoms with Gasteiger partial charge in [0.2, 0.25) is 10.0 Å². The highest BCUT2D eigenvalue weighted by atomic mass is 32.2. The minimum Gasteiger partial charge on any atom is -0.321 e. The van der Waals surface area contributed by atoms with Crippen LogP contribution in [0.1, 0.15) is 49.7 Å². The van der Waals surface area contributed by atoms with Gasteiger partial charge in [0.1, 0.15) is 0 Å². The van der Waals surface area contributed by atoms with Gasteiger partial charge in [0, 0.05) is 37.4 Å². The maximum atomic E-state index is 13.8. The van der Waals surface area contributed by atoms with E-state index in [-0.39, 0.29) is 29.1 Å². The fraction of sp³-hybridized carbons (Fsp3) is 0.500. The van der Waals surface area contributed by atoms with E-state index >= 15 is 0 Å². The average molecular weight is 543 g/mol. The first kappa shape index (κ1) is 26.6. The third kappa shape index (κ3) is 5.40. The van der Waals surface area contributed by atoms with E-state index in [1.54, 1.807) is 0 Å². The van der Waals surface area contributed by atoms with Gasteiger partial charge in [-0.05, 0) is 85.6 Å². The lowest BCUT2D eigenvalue weighted by Crippen LogP contribution is -2.49. The molecular weight excluding hydrogens is 510 g/mol. The first-order chi connectivity index (χ1) is 18.1. The molecule has 1 aliphatic heterocycles. The molecule has 3 atom stereocenters. The van der Waals surface area contributed by atoms with Crippen LogP contribution in [-0.4, -0.2) is 55.6 Å². The topological polar surface area (TPSA) is 93.5 Å². The Morgan fingerprint density at radius 2 is 1.92 bits per heavy atom. The van der Waals surface area contributed by atoms with Gasteiger partial charge in [-0.1, -0.05) is 12.1 Å². The maximum Gasteiger partial charge on any atom is 0.322 e. The van der Waals surface area contributed by atoms with E-state index < -0.39 is 21.7 Å². The second-order valence-electron chi connectivity index (χ2n) is 11.0. The number of amides is 2. The minimum absolute atomic E-state index is 0.0204. The largest absolute Gasteiger partial charge is 0.322 e. The lowest BCUT2D eigenvalue weighted by molar-refractivity contribution is 0.132. The van der Waals surface area contributed by atoms with Crippen LogP contribution >= 0.6 is 0 Å². The predicted octanol–water partition coefficient (Wildman–Crippen LogP) is 4.85. The zero-order chi connectivity index (χ0) is 27.1. The fourth-order valence-corrected chi connectivity index (χ4v) is 7.29. The van der Waals surface area contributed by atoms with Gasteiger partial charge in [-0.2, -0.15) is 5.26 Å². The third-order valence-electron chi connectivity index (χ3n) is 8.65. The molecule has 0 radical (unpaired) electrons. The van der Waals surface area contributed by atoms with Crippen molar-refractivity contribution >= 4 is 21.7 Å². The molecule has 2 aliphatic carbocycles. The molecule has 10 heteroatoms. The number of hydrogen-bond acceptors (Lipinski definition) is 4. The molecule has 38 heavy (non-hydrogen) atoms. The van der Waals surface area contributed by atoms with Gasteiger partial charge >= 0.3 is 6.03 Å². The van der Waals surface area contributed by atoms with Crippen LogP contribution in [-0.2, 0) is 15.4 Å². The van der Waals surface area contributed by atoms with E-state index in [1.807, 2.05) is 23.1 Å². The molecule has 5 rings (SSSR count). The van der Waals surface area contributed by atoms with E-state index in [4.69, 9.17) is 0 Å². The monoisotopic (exact) mass is 542 g/mol. The van der Waals surface area contributed by atoms with Crippen molar-refractivity contribution in [1.29, 1.82) is 5.26 Å². The van der Waals surface area contributed by atoms with Crippen molar-refractivity contribution in [2.45, 2.75) is 50.0 Å². The molecule has 1 heterocycles. The number of anilines is 1. The Balaban J connectivity index is 1.31. The van der Waals surface area contributed by atoms with Crippen LogP contribution in [0.2, 0.25) is 0 Å². The zero-order valence-corrected chi connectivity index (χ0v) is 22.2. The molecule has 1 saturated heterocycles. The average Bonchev–Trinajstić information content (AvgIpc) is 3.64. The second-order valence-corrected chi connectivity index (χ2v) is 13.0. The lowest BCUT2D eigenvalue weighted by Gasteiger charge is -2.40. The number of hydrogen-bond donors (Lipinski definition) is 1. The SMILES string of the molecule is CS(=O)(=O)N1CCC(CN(C(=O)Nc2ccc(F)c(F)c2)[C@@H]2CC[C@]3(c4cccc(C#N)c4)C[C@@H]3C2)CC1. The standard InChI is InChI=1S/C28H32F2N4O3S/c1-38(36,37)33-11-8-19(9-12-33)18-34(27(35)32-23-5-6-25(29)26(30)15-23)24-7-10-28(16-22(28)14-24)21-4-2-3-20(13-21)17-31/h2-6,13,15,19,22,24H,7-12,14,16,18H2,1H3,(H,32,35)/t22-,24+,28+/m0/s1. The number of urea groups is 1. The number of halogens is 2. The summed E-state index contributed by atoms with van der Waals surface area (Å²) in [4.78, 5) is 15.3. The van der Waals surface area contributed by atoms with Gasteiger partial charge < -0.3 is 10.2 Å². The number of piperidine rings is 1. The summed E-state index contributed by atoms with van der Waals surface area (Å²) in [5.41, 5.74) is 2.08. The summed E-state index contributed by atoms with van der Waals surface area (Å²) in [6, 6.07) is 13.0. The number of nitriles is 1. The van der Waals surface area contributed by atoms with Crippen LogP contribution in [0.4, 0.5) is 19.3 Å². The van der Waals surface area contributed by atoms with Gasteiger partial charge in [0.25, 0.3) is 0 Å². The highest BCUT2D eigenvalue weighted by Crippen LogP contribution is 2.63. The third-order valence-corrected chi connectivity index (χ3v) is 9.95. The summed E-state index contributed by atoms with van der Waals surface area (Å²) in [5, 5.41) is 12.1. The molecule has 2 saturated carbocycles. The molecule has 0 spiro atoms. The van der Waals surface area contributed by atoms with Crippen molar-refractivity contribution in [2.75, 3.05) is 31.2 Å². The van der Waals surface area contributed by atoms with Crippen molar-refractivity contribution in [3.8, 4) is 6.07 Å². The van der Waals surface area contributed by atoms with Crippen LogP contribution in [0.25, 0.3) is 0 Å². The number of nitrogens with one attached hydrogen (secondary N) is 1. The Kier molecular flexibility index (Phi) is 7.18. The molecule has 2 aromatic rings. The van der Waals surface area contributed by atoms with Gasteiger partial charge in [-0.15, -0.1) is 0 Å². The fourth-order valence-electron chi connectivity index (χ4n) is 6.41. The van der Waals surface area contributed by atoms with Gasteiger partial charge in [-0.3, -0.25) is 0 Å². The van der Waals surface area contributed by atoms with Gasteiger partial charge in [0.15, 0.2) is 11.6 Å². The lowest BCUT2D eigenvalue weighted by atomic mass is 9.79. The number of rotatable bonds is 6. The van der Waals surface area contributed by atoms with Crippen molar-refractivity contribution < 1.29 is 22.0 Å².